The van der Waals surface area contributed by atoms with E-state index in [1.807, 2.05) is 0 Å². The highest BCUT2D eigenvalue weighted by Crippen LogP contribution is 2.35. The first-order chi connectivity index (χ1) is 7.99. The van der Waals surface area contributed by atoms with Crippen molar-refractivity contribution in [3.8, 4) is 0 Å². The van der Waals surface area contributed by atoms with Gasteiger partial charge in [-0.2, -0.15) is 0 Å². The van der Waals surface area contributed by atoms with Gasteiger partial charge in [0.25, 0.3) is 0 Å². The summed E-state index contributed by atoms with van der Waals surface area (Å²) < 4.78 is 0. The van der Waals surface area contributed by atoms with Crippen LogP contribution in [-0.2, 0) is 4.79 Å². The lowest BCUT2D eigenvalue weighted by atomic mass is 9.71. The molecule has 1 N–H and O–H groups in total. The second kappa shape index (κ2) is 5.07. The molecule has 0 amide bonds. The molecule has 3 nitrogen and oxygen atoms in total. The van der Waals surface area contributed by atoms with E-state index in [0.717, 1.165) is 45.3 Å². The number of Topliss-reactive ketones (excluding diaryl/α,β-unsaturated/α-hetero) is 1. The Morgan fingerprint density at radius 1 is 1.35 bits per heavy atom. The summed E-state index contributed by atoms with van der Waals surface area (Å²) in [6.07, 6.45) is 5.03. The average molecular weight is 239 g/mol. The van der Waals surface area contributed by atoms with Crippen molar-refractivity contribution < 1.29 is 9.90 Å². The Balaban J connectivity index is 1.91. The van der Waals surface area contributed by atoms with Gasteiger partial charge in [0.05, 0.1) is 6.10 Å². The Bertz CT molecular complexity index is 288. The number of rotatable bonds is 2. The SMILES string of the molecule is CC1(C)CCCC(CN2CCCC(O)C2)C1=O. The van der Waals surface area contributed by atoms with Gasteiger partial charge in [-0.25, -0.2) is 0 Å². The summed E-state index contributed by atoms with van der Waals surface area (Å²) in [5.41, 5.74) is -0.128. The van der Waals surface area contributed by atoms with Gasteiger partial charge in [-0.15, -0.1) is 0 Å². The average Bonchev–Trinajstić information content (AvgIpc) is 2.25. The fraction of sp³-hybridized carbons (Fsp3) is 0.929. The van der Waals surface area contributed by atoms with Crippen LogP contribution in [0.25, 0.3) is 0 Å². The first-order valence-corrected chi connectivity index (χ1v) is 6.94. The number of hydrogen-bond acceptors (Lipinski definition) is 3. The fourth-order valence-electron chi connectivity index (χ4n) is 3.28. The van der Waals surface area contributed by atoms with Gasteiger partial charge in [0.15, 0.2) is 0 Å². The predicted molar refractivity (Wildman–Crippen MR) is 67.8 cm³/mol. The minimum atomic E-state index is -0.185. The maximum atomic E-state index is 12.3. The van der Waals surface area contributed by atoms with Gasteiger partial charge in [0.2, 0.25) is 0 Å². The van der Waals surface area contributed by atoms with Gasteiger partial charge in [-0.3, -0.25) is 4.79 Å². The summed E-state index contributed by atoms with van der Waals surface area (Å²) in [6, 6.07) is 0. The predicted octanol–water partition coefficient (Wildman–Crippen LogP) is 1.84. The number of likely N-dealkylation sites (tertiary alicyclic amines) is 1. The highest BCUT2D eigenvalue weighted by molar-refractivity contribution is 5.87. The van der Waals surface area contributed by atoms with Gasteiger partial charge in [-0.1, -0.05) is 20.3 Å². The third-order valence-corrected chi connectivity index (χ3v) is 4.35. The maximum Gasteiger partial charge on any atom is 0.142 e. The van der Waals surface area contributed by atoms with E-state index >= 15 is 0 Å². The molecule has 0 aromatic rings. The molecular weight excluding hydrogens is 214 g/mol. The van der Waals surface area contributed by atoms with Crippen LogP contribution in [0.15, 0.2) is 0 Å². The van der Waals surface area contributed by atoms with Crippen molar-refractivity contribution in [3.05, 3.63) is 0 Å². The molecule has 1 saturated carbocycles. The lowest BCUT2D eigenvalue weighted by Crippen LogP contribution is -2.45. The zero-order valence-electron chi connectivity index (χ0n) is 11.1. The molecule has 2 aliphatic rings. The monoisotopic (exact) mass is 239 g/mol. The number of nitrogens with zero attached hydrogens (tertiary/aromatic N) is 1. The maximum absolute atomic E-state index is 12.3. The lowest BCUT2D eigenvalue weighted by Gasteiger charge is -2.38. The van der Waals surface area contributed by atoms with Crippen molar-refractivity contribution in [3.63, 3.8) is 0 Å². The van der Waals surface area contributed by atoms with E-state index in [-0.39, 0.29) is 17.4 Å². The Labute approximate surface area is 104 Å². The smallest absolute Gasteiger partial charge is 0.142 e. The number of β-amino-alcohol motifs (C(OH)–C–C–N with tert-alkyl or cyclic N) is 1. The van der Waals surface area contributed by atoms with Crippen LogP contribution in [0.2, 0.25) is 0 Å². The fourth-order valence-corrected chi connectivity index (χ4v) is 3.28. The molecular formula is C14H25NO2. The van der Waals surface area contributed by atoms with Crippen LogP contribution >= 0.6 is 0 Å². The molecule has 2 unspecified atom stereocenters. The second-order valence-corrected chi connectivity index (χ2v) is 6.39. The van der Waals surface area contributed by atoms with E-state index in [9.17, 15) is 9.90 Å². The molecule has 1 heterocycles. The van der Waals surface area contributed by atoms with Crippen LogP contribution in [0, 0.1) is 11.3 Å². The van der Waals surface area contributed by atoms with Gasteiger partial charge in [0, 0.05) is 24.4 Å². The molecule has 1 saturated heterocycles. The lowest BCUT2D eigenvalue weighted by molar-refractivity contribution is -0.135. The highest BCUT2D eigenvalue weighted by atomic mass is 16.3. The summed E-state index contributed by atoms with van der Waals surface area (Å²) >= 11 is 0. The third kappa shape index (κ3) is 3.08. The van der Waals surface area contributed by atoms with Crippen molar-refractivity contribution in [1.29, 1.82) is 0 Å². The highest BCUT2D eigenvalue weighted by Gasteiger charge is 2.38. The number of aliphatic hydroxyl groups is 1. The van der Waals surface area contributed by atoms with Crippen molar-refractivity contribution >= 4 is 5.78 Å². The zero-order chi connectivity index (χ0) is 12.5. The number of hydrogen-bond donors (Lipinski definition) is 1. The quantitative estimate of drug-likeness (QED) is 0.799. The molecule has 1 aliphatic heterocycles. The summed E-state index contributed by atoms with van der Waals surface area (Å²) in [7, 11) is 0. The molecule has 2 rings (SSSR count). The number of aliphatic hydroxyl groups excluding tert-OH is 1. The molecule has 2 atom stereocenters. The molecule has 98 valence electrons. The van der Waals surface area contributed by atoms with E-state index in [0.29, 0.717) is 5.78 Å². The van der Waals surface area contributed by atoms with Gasteiger partial charge in [0.1, 0.15) is 5.78 Å². The normalized spacial score (nSPS) is 34.9. The van der Waals surface area contributed by atoms with E-state index in [4.69, 9.17) is 0 Å². The van der Waals surface area contributed by atoms with Crippen LogP contribution in [-0.4, -0.2) is 41.5 Å². The van der Waals surface area contributed by atoms with E-state index < -0.39 is 0 Å². The molecule has 1 aliphatic carbocycles. The van der Waals surface area contributed by atoms with Crippen molar-refractivity contribution in [2.45, 2.75) is 52.1 Å². The molecule has 0 radical (unpaired) electrons. The van der Waals surface area contributed by atoms with Crippen LogP contribution in [0.1, 0.15) is 46.0 Å². The standard InChI is InChI=1S/C14H25NO2/c1-14(2)7-3-5-11(13(14)17)9-15-8-4-6-12(16)10-15/h11-12,16H,3-10H2,1-2H3. The van der Waals surface area contributed by atoms with Crippen molar-refractivity contribution in [2.24, 2.45) is 11.3 Å². The van der Waals surface area contributed by atoms with E-state index in [2.05, 4.69) is 18.7 Å². The summed E-state index contributed by atoms with van der Waals surface area (Å²) in [5.74, 6) is 0.632. The zero-order valence-corrected chi connectivity index (χ0v) is 11.1. The molecule has 0 spiro atoms. The topological polar surface area (TPSA) is 40.5 Å². The molecule has 0 aromatic carbocycles. The minimum Gasteiger partial charge on any atom is -0.392 e. The minimum absolute atomic E-state index is 0.128. The first kappa shape index (κ1) is 13.0. The third-order valence-electron chi connectivity index (χ3n) is 4.35. The molecule has 2 fully saturated rings. The van der Waals surface area contributed by atoms with Gasteiger partial charge in [-0.05, 0) is 32.2 Å². The number of ketones is 1. The van der Waals surface area contributed by atoms with E-state index in [1.54, 1.807) is 0 Å². The summed E-state index contributed by atoms with van der Waals surface area (Å²) in [4.78, 5) is 14.6. The van der Waals surface area contributed by atoms with Crippen LogP contribution < -0.4 is 0 Å². The van der Waals surface area contributed by atoms with Crippen LogP contribution in [0.3, 0.4) is 0 Å². The molecule has 17 heavy (non-hydrogen) atoms. The molecule has 0 aromatic heterocycles. The van der Waals surface area contributed by atoms with Crippen LogP contribution in [0.4, 0.5) is 0 Å². The first-order valence-electron chi connectivity index (χ1n) is 6.94. The summed E-state index contributed by atoms with van der Waals surface area (Å²) in [6.45, 7) is 6.81. The van der Waals surface area contributed by atoms with Gasteiger partial charge >= 0.3 is 0 Å². The van der Waals surface area contributed by atoms with Crippen LogP contribution in [0.5, 0.6) is 0 Å². The number of carbonyl (C=O) groups excluding carboxylic acids is 1. The molecule has 3 heteroatoms. The molecule has 0 bridgehead atoms. The number of piperidine rings is 1. The Morgan fingerprint density at radius 2 is 2.12 bits per heavy atom. The Hall–Kier alpha value is -0.410. The Kier molecular flexibility index (Phi) is 3.88. The van der Waals surface area contributed by atoms with Gasteiger partial charge < -0.3 is 10.0 Å². The van der Waals surface area contributed by atoms with Crippen molar-refractivity contribution in [2.75, 3.05) is 19.6 Å². The van der Waals surface area contributed by atoms with E-state index in [1.165, 1.54) is 6.42 Å². The Morgan fingerprint density at radius 3 is 2.82 bits per heavy atom. The second-order valence-electron chi connectivity index (χ2n) is 6.39. The summed E-state index contributed by atoms with van der Waals surface area (Å²) in [5, 5.41) is 9.65. The van der Waals surface area contributed by atoms with Crippen molar-refractivity contribution in [1.82, 2.24) is 4.90 Å². The largest absolute Gasteiger partial charge is 0.392 e. The number of carbonyl (C=O) groups is 1.